The molecule has 0 unspecified atom stereocenters. The largest absolute Gasteiger partial charge is 0.454 e. The van der Waals surface area contributed by atoms with Crippen LogP contribution in [0.3, 0.4) is 0 Å². The summed E-state index contributed by atoms with van der Waals surface area (Å²) in [6.07, 6.45) is 3.60. The first-order chi connectivity index (χ1) is 27.4. The van der Waals surface area contributed by atoms with Crippen molar-refractivity contribution in [1.82, 2.24) is 45.4 Å². The van der Waals surface area contributed by atoms with E-state index in [0.717, 1.165) is 58.4 Å². The fourth-order valence-corrected chi connectivity index (χ4v) is 8.27. The summed E-state index contributed by atoms with van der Waals surface area (Å²) in [5.74, 6) is 1.39. The summed E-state index contributed by atoms with van der Waals surface area (Å²) in [4.78, 5) is 76.5. The number of hydrogen-bond acceptors (Lipinski definition) is 10. The summed E-state index contributed by atoms with van der Waals surface area (Å²) in [6.45, 7) is 8.68. The minimum absolute atomic E-state index is 0.134. The second-order valence-electron chi connectivity index (χ2n) is 15.6. The van der Waals surface area contributed by atoms with E-state index in [2.05, 4.69) is 25.6 Å². The number of carbonyl (C=O) groups excluding carboxylic acids is 4. The molecule has 4 aromatic heterocycles. The van der Waals surface area contributed by atoms with Gasteiger partial charge in [0.2, 0.25) is 11.8 Å². The highest BCUT2D eigenvalue weighted by Crippen LogP contribution is 2.38. The van der Waals surface area contributed by atoms with E-state index < -0.39 is 24.3 Å². The molecule has 16 nitrogen and oxygen atoms in total. The standard InChI is InChI=1S/C41H47N9O7/c1-20(2)30(46-40(53)55-5)38(51)49-15-7-9-27(49)35-43-26-14-12-23-18-29(57-34(23)33(26)45-35)22-11-13-25-24(17-22)19-42-37-32(25)44-36(48-37)28-10-8-16-50(28)39(52)31(21(3)4)47-41(54)56-6/h11-14,17-21,27-28,30-31H,7-10,15-16H2,1-6H3,(H,43,45)(H,46,53)(H,47,54)(H,42,44,48)/t27-,28-,30-,31-/m0/s1. The molecule has 2 aliphatic heterocycles. The van der Waals surface area contributed by atoms with E-state index >= 15 is 0 Å². The number of H-pyrrole nitrogens is 2. The Hall–Kier alpha value is -6.19. The van der Waals surface area contributed by atoms with Crippen LogP contribution in [0.15, 0.2) is 47.0 Å². The number of nitrogens with one attached hydrogen (secondary N) is 4. The van der Waals surface area contributed by atoms with Gasteiger partial charge in [0, 0.05) is 41.0 Å². The molecule has 4 N–H and O–H groups in total. The minimum Gasteiger partial charge on any atom is -0.454 e. The molecule has 6 aromatic rings. The maximum absolute atomic E-state index is 13.7. The van der Waals surface area contributed by atoms with Crippen LogP contribution in [0, 0.1) is 11.8 Å². The van der Waals surface area contributed by atoms with Crippen molar-refractivity contribution in [2.75, 3.05) is 27.3 Å². The van der Waals surface area contributed by atoms with Crippen LogP contribution < -0.4 is 10.6 Å². The Morgan fingerprint density at radius 2 is 1.40 bits per heavy atom. The number of benzene rings is 2. The molecular formula is C41H47N9O7. The van der Waals surface area contributed by atoms with E-state index in [-0.39, 0.29) is 35.7 Å². The lowest BCUT2D eigenvalue weighted by molar-refractivity contribution is -0.136. The molecule has 2 fully saturated rings. The zero-order valence-electron chi connectivity index (χ0n) is 32.8. The van der Waals surface area contributed by atoms with Crippen LogP contribution >= 0.6 is 0 Å². The highest BCUT2D eigenvalue weighted by molar-refractivity contribution is 6.05. The first-order valence-corrected chi connectivity index (χ1v) is 19.5. The van der Waals surface area contributed by atoms with E-state index in [9.17, 15) is 19.2 Å². The van der Waals surface area contributed by atoms with E-state index in [1.54, 1.807) is 16.0 Å². The summed E-state index contributed by atoms with van der Waals surface area (Å²) >= 11 is 0. The monoisotopic (exact) mass is 777 g/mol. The molecule has 2 saturated heterocycles. The van der Waals surface area contributed by atoms with Crippen molar-refractivity contribution in [2.45, 2.75) is 77.5 Å². The number of fused-ring (bicyclic) bond motifs is 6. The van der Waals surface area contributed by atoms with Gasteiger partial charge in [0.15, 0.2) is 11.2 Å². The fourth-order valence-electron chi connectivity index (χ4n) is 8.27. The van der Waals surface area contributed by atoms with Gasteiger partial charge in [-0.2, -0.15) is 0 Å². The molecule has 0 radical (unpaired) electrons. The summed E-state index contributed by atoms with van der Waals surface area (Å²) in [6, 6.07) is 9.99. The Morgan fingerprint density at radius 1 is 0.789 bits per heavy atom. The first-order valence-electron chi connectivity index (χ1n) is 19.5. The predicted octanol–water partition coefficient (Wildman–Crippen LogP) is 6.49. The molecule has 16 heteroatoms. The lowest BCUT2D eigenvalue weighted by Gasteiger charge is -2.29. The zero-order chi connectivity index (χ0) is 40.1. The Morgan fingerprint density at radius 3 is 2.00 bits per heavy atom. The van der Waals surface area contributed by atoms with Crippen LogP contribution in [0.1, 0.15) is 77.1 Å². The van der Waals surface area contributed by atoms with E-state index in [4.69, 9.17) is 23.9 Å². The van der Waals surface area contributed by atoms with Crippen molar-refractivity contribution >= 4 is 67.9 Å². The number of imidazole rings is 2. The van der Waals surface area contributed by atoms with Crippen molar-refractivity contribution in [2.24, 2.45) is 11.8 Å². The topological polar surface area (TPSA) is 201 Å². The fraction of sp³-hybridized carbons (Fsp3) is 0.439. The molecule has 0 saturated carbocycles. The SMILES string of the molecule is COC(=O)N[C@H](C(=O)N1CCC[C@H]1c1nc2c(ccc3cc(-c4ccc5c(cnc6nc([C@@H]7CCCN7C(=O)[C@@H](NC(=O)OC)C(C)C)[nH]c65)c4)oc32)[nH]1)C(C)C. The first kappa shape index (κ1) is 37.7. The maximum Gasteiger partial charge on any atom is 0.407 e. The molecular weight excluding hydrogens is 731 g/mol. The number of nitrogens with zero attached hydrogens (tertiary/aromatic N) is 5. The normalized spacial score (nSPS) is 18.3. The molecule has 2 aliphatic rings. The van der Waals surface area contributed by atoms with Gasteiger partial charge in [0.1, 0.15) is 35.0 Å². The Kier molecular flexibility index (Phi) is 9.96. The van der Waals surface area contributed by atoms with Crippen LogP contribution in [-0.2, 0) is 19.1 Å². The Labute approximate surface area is 328 Å². The van der Waals surface area contributed by atoms with Crippen molar-refractivity contribution in [3.8, 4) is 11.3 Å². The highest BCUT2D eigenvalue weighted by Gasteiger charge is 2.39. The third-order valence-electron chi connectivity index (χ3n) is 11.3. The number of likely N-dealkylation sites (tertiary alicyclic amines) is 2. The number of ether oxygens (including phenoxy) is 2. The highest BCUT2D eigenvalue weighted by atomic mass is 16.5. The van der Waals surface area contributed by atoms with Gasteiger partial charge < -0.3 is 44.3 Å². The van der Waals surface area contributed by atoms with Gasteiger partial charge in [-0.3, -0.25) is 9.59 Å². The predicted molar refractivity (Wildman–Crippen MR) is 212 cm³/mol. The molecule has 0 aliphatic carbocycles. The van der Waals surface area contributed by atoms with Crippen LogP contribution in [-0.4, -0.2) is 98.1 Å². The summed E-state index contributed by atoms with van der Waals surface area (Å²) in [7, 11) is 2.56. The smallest absolute Gasteiger partial charge is 0.407 e. The van der Waals surface area contributed by atoms with E-state index in [0.29, 0.717) is 47.2 Å². The van der Waals surface area contributed by atoms with E-state index in [1.807, 2.05) is 64.1 Å². The van der Waals surface area contributed by atoms with Gasteiger partial charge >= 0.3 is 12.2 Å². The van der Waals surface area contributed by atoms with Crippen molar-refractivity contribution < 1.29 is 33.1 Å². The quantitative estimate of drug-likeness (QED) is 0.126. The minimum atomic E-state index is -0.724. The number of furan rings is 1. The number of carbonyl (C=O) groups is 4. The second kappa shape index (κ2) is 15.0. The van der Waals surface area contributed by atoms with Crippen LogP contribution in [0.2, 0.25) is 0 Å². The number of hydrogen-bond donors (Lipinski definition) is 4. The maximum atomic E-state index is 13.7. The average Bonchev–Trinajstić information content (AvgIpc) is 4.05. The molecule has 2 aromatic carbocycles. The number of amides is 4. The third kappa shape index (κ3) is 6.86. The molecule has 8 rings (SSSR count). The number of aromatic nitrogens is 5. The zero-order valence-corrected chi connectivity index (χ0v) is 32.8. The van der Waals surface area contributed by atoms with E-state index in [1.165, 1.54) is 14.2 Å². The molecule has 0 spiro atoms. The van der Waals surface area contributed by atoms with Gasteiger partial charge in [0.05, 0.1) is 37.3 Å². The number of rotatable bonds is 9. The van der Waals surface area contributed by atoms with Gasteiger partial charge in [0.25, 0.3) is 0 Å². The number of alkyl carbamates (subject to hydrolysis) is 2. The lowest BCUT2D eigenvalue weighted by atomic mass is 10.0. The average molecular weight is 778 g/mol. The molecule has 57 heavy (non-hydrogen) atoms. The molecule has 4 atom stereocenters. The number of aromatic amines is 2. The number of methoxy groups -OCH3 is 2. The van der Waals surface area contributed by atoms with Crippen LogP contribution in [0.25, 0.3) is 55.3 Å². The summed E-state index contributed by atoms with van der Waals surface area (Å²) in [5.41, 5.74) is 4.30. The van der Waals surface area contributed by atoms with Gasteiger partial charge in [-0.1, -0.05) is 39.8 Å². The van der Waals surface area contributed by atoms with Crippen molar-refractivity contribution in [3.63, 3.8) is 0 Å². The summed E-state index contributed by atoms with van der Waals surface area (Å²) in [5, 5.41) is 8.10. The van der Waals surface area contributed by atoms with Gasteiger partial charge in [-0.25, -0.2) is 24.5 Å². The Balaban J connectivity index is 1.06. The Bertz CT molecular complexity index is 2520. The van der Waals surface area contributed by atoms with Crippen LogP contribution in [0.5, 0.6) is 0 Å². The van der Waals surface area contributed by atoms with Crippen molar-refractivity contribution in [3.05, 3.63) is 54.2 Å². The lowest BCUT2D eigenvalue weighted by Crippen LogP contribution is -2.51. The molecule has 6 heterocycles. The molecule has 298 valence electrons. The third-order valence-corrected chi connectivity index (χ3v) is 11.3. The molecule has 0 bridgehead atoms. The molecule has 4 amide bonds. The number of pyridine rings is 1. The van der Waals surface area contributed by atoms with Crippen molar-refractivity contribution in [1.29, 1.82) is 0 Å². The second-order valence-corrected chi connectivity index (χ2v) is 15.6. The van der Waals surface area contributed by atoms with Gasteiger partial charge in [-0.05, 0) is 61.8 Å². The summed E-state index contributed by atoms with van der Waals surface area (Å²) < 4.78 is 16.1. The van der Waals surface area contributed by atoms with Crippen LogP contribution in [0.4, 0.5) is 9.59 Å². The van der Waals surface area contributed by atoms with Gasteiger partial charge in [-0.15, -0.1) is 0 Å².